The van der Waals surface area contributed by atoms with E-state index >= 15 is 0 Å². The van der Waals surface area contributed by atoms with E-state index in [4.69, 9.17) is 4.74 Å². The molecular weight excluding hydrogens is 334 g/mol. The van der Waals surface area contributed by atoms with Gasteiger partial charge in [0, 0.05) is 29.0 Å². The molecule has 3 rings (SSSR count). The smallest absolute Gasteiger partial charge is 0.310 e. The average molecular weight is 359 g/mol. The minimum absolute atomic E-state index is 0.0544. The van der Waals surface area contributed by atoms with Crippen molar-refractivity contribution in [2.24, 2.45) is 0 Å². The minimum atomic E-state index is -0.442. The van der Waals surface area contributed by atoms with E-state index in [0.29, 0.717) is 11.5 Å². The number of carbonyl (C=O) groups is 2. The SMILES string of the molecule is Cc1nc2ncnn2c(C)c1CC(=O)OCC(=O)N1[C@H](C)CCC[C@@H]1C. The average Bonchev–Trinajstić information content (AvgIpc) is 3.05. The molecule has 1 fully saturated rings. The van der Waals surface area contributed by atoms with E-state index in [2.05, 4.69) is 15.1 Å². The molecule has 26 heavy (non-hydrogen) atoms. The molecule has 1 amide bonds. The van der Waals surface area contributed by atoms with Crippen molar-refractivity contribution >= 4 is 17.7 Å². The topological polar surface area (TPSA) is 89.7 Å². The van der Waals surface area contributed by atoms with Crippen LogP contribution in [0.2, 0.25) is 0 Å². The normalized spacial score (nSPS) is 20.4. The van der Waals surface area contributed by atoms with E-state index < -0.39 is 5.97 Å². The number of hydrogen-bond donors (Lipinski definition) is 0. The number of rotatable bonds is 4. The van der Waals surface area contributed by atoms with E-state index in [1.807, 2.05) is 32.6 Å². The van der Waals surface area contributed by atoms with E-state index in [0.717, 1.165) is 30.5 Å². The van der Waals surface area contributed by atoms with Gasteiger partial charge in [0.1, 0.15) is 6.33 Å². The van der Waals surface area contributed by atoms with Gasteiger partial charge in [-0.3, -0.25) is 9.59 Å². The van der Waals surface area contributed by atoms with Gasteiger partial charge >= 0.3 is 5.97 Å². The molecule has 0 spiro atoms. The van der Waals surface area contributed by atoms with Gasteiger partial charge in [0.25, 0.3) is 11.7 Å². The van der Waals surface area contributed by atoms with Gasteiger partial charge in [-0.2, -0.15) is 10.1 Å². The van der Waals surface area contributed by atoms with Crippen molar-refractivity contribution in [2.45, 2.75) is 65.5 Å². The molecule has 0 aromatic carbocycles. The Hall–Kier alpha value is -2.51. The molecule has 2 aromatic rings. The summed E-state index contributed by atoms with van der Waals surface area (Å²) in [6.07, 6.45) is 4.59. The molecule has 2 aromatic heterocycles. The molecule has 3 heterocycles. The summed E-state index contributed by atoms with van der Waals surface area (Å²) < 4.78 is 6.85. The second-order valence-electron chi connectivity index (χ2n) is 7.00. The Labute approximate surface area is 152 Å². The number of aromatic nitrogens is 4. The molecular formula is C18H25N5O3. The highest BCUT2D eigenvalue weighted by atomic mass is 16.5. The molecule has 0 N–H and O–H groups in total. The van der Waals surface area contributed by atoms with Crippen LogP contribution in [-0.2, 0) is 20.7 Å². The Morgan fingerprint density at radius 3 is 2.62 bits per heavy atom. The van der Waals surface area contributed by atoms with Crippen LogP contribution in [0.3, 0.4) is 0 Å². The molecule has 8 heteroatoms. The van der Waals surface area contributed by atoms with Crippen LogP contribution in [0.4, 0.5) is 0 Å². The number of carbonyl (C=O) groups excluding carboxylic acids is 2. The second kappa shape index (κ2) is 7.39. The summed E-state index contributed by atoms with van der Waals surface area (Å²) >= 11 is 0. The lowest BCUT2D eigenvalue weighted by Gasteiger charge is -2.38. The maximum absolute atomic E-state index is 12.5. The van der Waals surface area contributed by atoms with Crippen LogP contribution in [0, 0.1) is 13.8 Å². The molecule has 0 bridgehead atoms. The van der Waals surface area contributed by atoms with Gasteiger partial charge in [0.2, 0.25) is 0 Å². The summed E-state index contributed by atoms with van der Waals surface area (Å²) in [6, 6.07) is 0.377. The molecule has 1 saturated heterocycles. The number of amides is 1. The van der Waals surface area contributed by atoms with E-state index in [1.54, 1.807) is 4.52 Å². The lowest BCUT2D eigenvalue weighted by atomic mass is 9.97. The zero-order valence-electron chi connectivity index (χ0n) is 15.7. The van der Waals surface area contributed by atoms with E-state index in [1.165, 1.54) is 6.33 Å². The van der Waals surface area contributed by atoms with Crippen LogP contribution >= 0.6 is 0 Å². The second-order valence-corrected chi connectivity index (χ2v) is 7.00. The molecule has 1 aliphatic heterocycles. The predicted octanol–water partition coefficient (Wildman–Crippen LogP) is 1.62. The number of piperidine rings is 1. The Balaban J connectivity index is 1.63. The number of hydrogen-bond acceptors (Lipinski definition) is 6. The first-order chi connectivity index (χ1) is 12.4. The summed E-state index contributed by atoms with van der Waals surface area (Å²) in [7, 11) is 0. The fourth-order valence-corrected chi connectivity index (χ4v) is 3.74. The van der Waals surface area contributed by atoms with Crippen molar-refractivity contribution in [3.05, 3.63) is 23.3 Å². The van der Waals surface area contributed by atoms with Crippen molar-refractivity contribution in [3.63, 3.8) is 0 Å². The third kappa shape index (κ3) is 3.54. The molecule has 140 valence electrons. The highest BCUT2D eigenvalue weighted by Gasteiger charge is 2.29. The lowest BCUT2D eigenvalue weighted by molar-refractivity contribution is -0.154. The number of likely N-dealkylation sites (tertiary alicyclic amines) is 1. The van der Waals surface area contributed by atoms with Gasteiger partial charge in [0.05, 0.1) is 6.42 Å². The summed E-state index contributed by atoms with van der Waals surface area (Å²) in [5, 5.41) is 4.11. The maximum atomic E-state index is 12.5. The van der Waals surface area contributed by atoms with Gasteiger partial charge < -0.3 is 9.64 Å². The molecule has 0 radical (unpaired) electrons. The summed E-state index contributed by atoms with van der Waals surface area (Å²) in [5.74, 6) is -0.0696. The van der Waals surface area contributed by atoms with E-state index in [-0.39, 0.29) is 31.0 Å². The lowest BCUT2D eigenvalue weighted by Crippen LogP contribution is -2.49. The van der Waals surface area contributed by atoms with Gasteiger partial charge in [0.15, 0.2) is 6.61 Å². The van der Waals surface area contributed by atoms with Gasteiger partial charge in [-0.1, -0.05) is 0 Å². The third-order valence-corrected chi connectivity index (χ3v) is 5.15. The molecule has 0 aliphatic carbocycles. The first-order valence-electron chi connectivity index (χ1n) is 9.01. The van der Waals surface area contributed by atoms with Crippen LogP contribution in [0.25, 0.3) is 5.78 Å². The fraction of sp³-hybridized carbons (Fsp3) is 0.611. The highest BCUT2D eigenvalue weighted by molar-refractivity contribution is 5.82. The Kier molecular flexibility index (Phi) is 5.20. The summed E-state index contributed by atoms with van der Waals surface area (Å²) in [6.45, 7) is 7.56. The first-order valence-corrected chi connectivity index (χ1v) is 9.01. The van der Waals surface area contributed by atoms with Crippen LogP contribution in [-0.4, -0.2) is 55.0 Å². The molecule has 0 saturated carbocycles. The highest BCUT2D eigenvalue weighted by Crippen LogP contribution is 2.22. The molecule has 0 unspecified atom stereocenters. The van der Waals surface area contributed by atoms with Crippen molar-refractivity contribution in [1.29, 1.82) is 0 Å². The number of aryl methyl sites for hydroxylation is 2. The number of esters is 1. The van der Waals surface area contributed by atoms with Crippen LogP contribution < -0.4 is 0 Å². The van der Waals surface area contributed by atoms with Gasteiger partial charge in [-0.05, 0) is 47.0 Å². The number of ether oxygens (including phenoxy) is 1. The number of fused-ring (bicyclic) bond motifs is 1. The predicted molar refractivity (Wildman–Crippen MR) is 94.5 cm³/mol. The summed E-state index contributed by atoms with van der Waals surface area (Å²) in [5.41, 5.74) is 2.26. The first kappa shape index (κ1) is 18.3. The maximum Gasteiger partial charge on any atom is 0.310 e. The zero-order chi connectivity index (χ0) is 18.8. The third-order valence-electron chi connectivity index (χ3n) is 5.15. The fourth-order valence-electron chi connectivity index (χ4n) is 3.74. The Bertz CT molecular complexity index is 822. The van der Waals surface area contributed by atoms with Crippen LogP contribution in [0.15, 0.2) is 6.33 Å². The minimum Gasteiger partial charge on any atom is -0.455 e. The molecule has 8 nitrogen and oxygen atoms in total. The van der Waals surface area contributed by atoms with Crippen LogP contribution in [0.5, 0.6) is 0 Å². The molecule has 1 aliphatic rings. The van der Waals surface area contributed by atoms with Gasteiger partial charge in [-0.15, -0.1) is 0 Å². The quantitative estimate of drug-likeness (QED) is 0.771. The van der Waals surface area contributed by atoms with Crippen molar-refractivity contribution < 1.29 is 14.3 Å². The number of nitrogens with zero attached hydrogens (tertiary/aromatic N) is 5. The Morgan fingerprint density at radius 2 is 1.92 bits per heavy atom. The Morgan fingerprint density at radius 1 is 1.23 bits per heavy atom. The van der Waals surface area contributed by atoms with Crippen LogP contribution in [0.1, 0.15) is 50.1 Å². The standard InChI is InChI=1S/C18H25N5O3/c1-11-6-5-7-12(2)22(11)16(24)9-26-17(25)8-15-13(3)21-18-19-10-20-23(18)14(15)4/h10-12H,5-9H2,1-4H3/t11-,12+. The largest absolute Gasteiger partial charge is 0.455 e. The van der Waals surface area contributed by atoms with E-state index in [9.17, 15) is 9.59 Å². The molecule has 2 atom stereocenters. The summed E-state index contributed by atoms with van der Waals surface area (Å²) in [4.78, 5) is 35.0. The van der Waals surface area contributed by atoms with Crippen molar-refractivity contribution in [1.82, 2.24) is 24.5 Å². The van der Waals surface area contributed by atoms with Crippen molar-refractivity contribution in [3.8, 4) is 0 Å². The van der Waals surface area contributed by atoms with Gasteiger partial charge in [-0.25, -0.2) is 9.50 Å². The zero-order valence-corrected chi connectivity index (χ0v) is 15.7. The van der Waals surface area contributed by atoms with Crippen molar-refractivity contribution in [2.75, 3.05) is 6.61 Å². The monoisotopic (exact) mass is 359 g/mol.